The number of aryl methyl sites for hydroxylation is 2. The standard InChI is InChI=1S/C16H20N4OS/c1-3-13-15(22-19-18-13)16(21)17-10-11-6-7-14-12(9-11)5-4-8-20(14)2/h6-7,9H,3-5,8,10H2,1-2H3,(H,17,21). The summed E-state index contributed by atoms with van der Waals surface area (Å²) in [6.07, 6.45) is 3.02. The SMILES string of the molecule is CCc1nnsc1C(=O)NCc1ccc2c(c1)CCCN2C. The highest BCUT2D eigenvalue weighted by Gasteiger charge is 2.16. The zero-order chi connectivity index (χ0) is 15.5. The van der Waals surface area contributed by atoms with E-state index in [4.69, 9.17) is 0 Å². The van der Waals surface area contributed by atoms with E-state index in [1.54, 1.807) is 0 Å². The number of hydrogen-bond donors (Lipinski definition) is 1. The lowest BCUT2D eigenvalue weighted by atomic mass is 9.99. The zero-order valence-electron chi connectivity index (χ0n) is 12.9. The first-order valence-electron chi connectivity index (χ1n) is 7.61. The van der Waals surface area contributed by atoms with Gasteiger partial charge < -0.3 is 10.2 Å². The summed E-state index contributed by atoms with van der Waals surface area (Å²) in [4.78, 5) is 15.1. The number of rotatable bonds is 4. The number of carbonyl (C=O) groups excluding carboxylic acids is 1. The van der Waals surface area contributed by atoms with Crippen molar-refractivity contribution in [3.63, 3.8) is 0 Å². The van der Waals surface area contributed by atoms with E-state index in [1.807, 2.05) is 6.92 Å². The van der Waals surface area contributed by atoms with Crippen LogP contribution in [0.4, 0.5) is 5.69 Å². The van der Waals surface area contributed by atoms with Gasteiger partial charge in [0.1, 0.15) is 4.88 Å². The average molecular weight is 316 g/mol. The van der Waals surface area contributed by atoms with Crippen LogP contribution in [0.15, 0.2) is 18.2 Å². The van der Waals surface area contributed by atoms with Gasteiger partial charge in [-0.3, -0.25) is 4.79 Å². The van der Waals surface area contributed by atoms with Crippen molar-refractivity contribution in [3.05, 3.63) is 39.9 Å². The molecule has 116 valence electrons. The number of amides is 1. The Morgan fingerprint density at radius 3 is 3.14 bits per heavy atom. The number of benzene rings is 1. The quantitative estimate of drug-likeness (QED) is 0.941. The Hall–Kier alpha value is -1.95. The molecule has 1 N–H and O–H groups in total. The molecule has 3 rings (SSSR count). The van der Waals surface area contributed by atoms with Gasteiger partial charge in [0.2, 0.25) is 0 Å². The van der Waals surface area contributed by atoms with Crippen LogP contribution in [0, 0.1) is 0 Å². The number of fused-ring (bicyclic) bond motifs is 1. The molecule has 0 unspecified atom stereocenters. The van der Waals surface area contributed by atoms with Crippen molar-refractivity contribution in [2.24, 2.45) is 0 Å². The largest absolute Gasteiger partial charge is 0.374 e. The summed E-state index contributed by atoms with van der Waals surface area (Å²) < 4.78 is 3.86. The van der Waals surface area contributed by atoms with Gasteiger partial charge in [-0.2, -0.15) is 0 Å². The minimum Gasteiger partial charge on any atom is -0.374 e. The third-order valence-electron chi connectivity index (χ3n) is 4.04. The Labute approximate surface area is 134 Å². The first-order valence-corrected chi connectivity index (χ1v) is 8.38. The number of carbonyl (C=O) groups is 1. The smallest absolute Gasteiger partial charge is 0.265 e. The molecule has 0 radical (unpaired) electrons. The molecule has 1 aliphatic rings. The number of nitrogens with zero attached hydrogens (tertiary/aromatic N) is 3. The van der Waals surface area contributed by atoms with Gasteiger partial charge in [0, 0.05) is 25.8 Å². The Balaban J connectivity index is 1.68. The minimum absolute atomic E-state index is 0.0818. The van der Waals surface area contributed by atoms with Gasteiger partial charge in [-0.1, -0.05) is 23.5 Å². The maximum Gasteiger partial charge on any atom is 0.265 e. The highest BCUT2D eigenvalue weighted by molar-refractivity contribution is 7.08. The minimum atomic E-state index is -0.0818. The van der Waals surface area contributed by atoms with Crippen LogP contribution < -0.4 is 10.2 Å². The van der Waals surface area contributed by atoms with Crippen LogP contribution in [0.3, 0.4) is 0 Å². The Morgan fingerprint density at radius 1 is 1.45 bits per heavy atom. The molecule has 1 aliphatic heterocycles. The van der Waals surface area contributed by atoms with E-state index in [0.29, 0.717) is 11.4 Å². The Kier molecular flexibility index (Phi) is 4.38. The topological polar surface area (TPSA) is 58.1 Å². The molecule has 1 aromatic heterocycles. The molecule has 0 saturated carbocycles. The highest BCUT2D eigenvalue weighted by Crippen LogP contribution is 2.26. The Bertz CT molecular complexity index is 683. The van der Waals surface area contributed by atoms with Gasteiger partial charge in [0.05, 0.1) is 5.69 Å². The fourth-order valence-corrected chi connectivity index (χ4v) is 3.49. The molecule has 0 atom stereocenters. The van der Waals surface area contributed by atoms with Crippen molar-refractivity contribution in [2.75, 3.05) is 18.5 Å². The van der Waals surface area contributed by atoms with Crippen molar-refractivity contribution < 1.29 is 4.79 Å². The molecule has 2 aromatic rings. The van der Waals surface area contributed by atoms with Crippen molar-refractivity contribution in [3.8, 4) is 0 Å². The summed E-state index contributed by atoms with van der Waals surface area (Å²) in [5.41, 5.74) is 4.59. The highest BCUT2D eigenvalue weighted by atomic mass is 32.1. The van der Waals surface area contributed by atoms with Gasteiger partial charge >= 0.3 is 0 Å². The van der Waals surface area contributed by atoms with Gasteiger partial charge in [0.15, 0.2) is 0 Å². The summed E-state index contributed by atoms with van der Waals surface area (Å²) in [5.74, 6) is -0.0818. The maximum absolute atomic E-state index is 12.2. The molecule has 0 saturated heterocycles. The average Bonchev–Trinajstić information content (AvgIpc) is 3.01. The molecule has 1 amide bonds. The number of anilines is 1. The molecule has 5 nitrogen and oxygen atoms in total. The predicted octanol–water partition coefficient (Wildman–Crippen LogP) is 2.41. The number of aromatic nitrogens is 2. The Morgan fingerprint density at radius 2 is 2.32 bits per heavy atom. The maximum atomic E-state index is 12.2. The van der Waals surface area contributed by atoms with Gasteiger partial charge in [-0.25, -0.2) is 0 Å². The fourth-order valence-electron chi connectivity index (χ4n) is 2.82. The van der Waals surface area contributed by atoms with Crippen LogP contribution in [0.5, 0.6) is 0 Å². The first kappa shape index (κ1) is 15.0. The summed E-state index contributed by atoms with van der Waals surface area (Å²) in [6, 6.07) is 6.45. The van der Waals surface area contributed by atoms with Crippen LogP contribution in [-0.4, -0.2) is 29.1 Å². The predicted molar refractivity (Wildman–Crippen MR) is 88.5 cm³/mol. The van der Waals surface area contributed by atoms with Crippen LogP contribution in [0.2, 0.25) is 0 Å². The van der Waals surface area contributed by atoms with Crippen LogP contribution in [-0.2, 0) is 19.4 Å². The second-order valence-corrected chi connectivity index (χ2v) is 6.33. The molecule has 0 aliphatic carbocycles. The number of hydrogen-bond acceptors (Lipinski definition) is 5. The molecule has 22 heavy (non-hydrogen) atoms. The van der Waals surface area contributed by atoms with E-state index in [2.05, 4.69) is 45.1 Å². The van der Waals surface area contributed by atoms with Crippen LogP contribution in [0.25, 0.3) is 0 Å². The van der Waals surface area contributed by atoms with Crippen molar-refractivity contribution in [1.82, 2.24) is 14.9 Å². The lowest BCUT2D eigenvalue weighted by Gasteiger charge is -2.27. The summed E-state index contributed by atoms with van der Waals surface area (Å²) in [6.45, 7) is 3.63. The lowest BCUT2D eigenvalue weighted by Crippen LogP contribution is -2.25. The monoisotopic (exact) mass is 316 g/mol. The van der Waals surface area contributed by atoms with Crippen LogP contribution in [0.1, 0.15) is 39.8 Å². The molecule has 1 aromatic carbocycles. The zero-order valence-corrected chi connectivity index (χ0v) is 13.7. The molecule has 0 fully saturated rings. The van der Waals surface area contributed by atoms with Crippen LogP contribution >= 0.6 is 11.5 Å². The summed E-state index contributed by atoms with van der Waals surface area (Å²) >= 11 is 1.16. The van der Waals surface area contributed by atoms with Gasteiger partial charge in [0.25, 0.3) is 5.91 Å². The van der Waals surface area contributed by atoms with E-state index in [0.717, 1.165) is 42.2 Å². The molecule has 2 heterocycles. The third-order valence-corrected chi connectivity index (χ3v) is 4.81. The van der Waals surface area contributed by atoms with E-state index < -0.39 is 0 Å². The molecule has 0 bridgehead atoms. The van der Waals surface area contributed by atoms with Crippen molar-refractivity contribution in [1.29, 1.82) is 0 Å². The third kappa shape index (κ3) is 2.97. The summed E-state index contributed by atoms with van der Waals surface area (Å²) in [7, 11) is 2.13. The molecule has 0 spiro atoms. The normalized spacial score (nSPS) is 13.8. The lowest BCUT2D eigenvalue weighted by molar-refractivity contribution is 0.0954. The first-order chi connectivity index (χ1) is 10.7. The summed E-state index contributed by atoms with van der Waals surface area (Å²) in [5, 5.41) is 6.95. The fraction of sp³-hybridized carbons (Fsp3) is 0.438. The van der Waals surface area contributed by atoms with Gasteiger partial charge in [-0.15, -0.1) is 5.10 Å². The van der Waals surface area contributed by atoms with Crippen molar-refractivity contribution >= 4 is 23.1 Å². The molecular weight excluding hydrogens is 296 g/mol. The van der Waals surface area contributed by atoms with Crippen molar-refractivity contribution in [2.45, 2.75) is 32.7 Å². The van der Waals surface area contributed by atoms with Gasteiger partial charge in [-0.05, 0) is 48.0 Å². The second kappa shape index (κ2) is 6.44. The molecular formula is C16H20N4OS. The number of nitrogens with one attached hydrogen (secondary N) is 1. The second-order valence-electron chi connectivity index (χ2n) is 5.57. The molecule has 6 heteroatoms. The van der Waals surface area contributed by atoms with E-state index in [9.17, 15) is 4.79 Å². The van der Waals surface area contributed by atoms with E-state index in [-0.39, 0.29) is 5.91 Å². The van der Waals surface area contributed by atoms with E-state index in [1.165, 1.54) is 17.7 Å². The van der Waals surface area contributed by atoms with E-state index >= 15 is 0 Å².